The first-order valence-electron chi connectivity index (χ1n) is 6.59. The number of rotatable bonds is 7. The Labute approximate surface area is 94.5 Å². The van der Waals surface area contributed by atoms with Crippen LogP contribution in [0.3, 0.4) is 0 Å². The molecule has 1 aliphatic carbocycles. The maximum Gasteiger partial charge on any atom is 0.0445 e. The molecule has 15 heavy (non-hydrogen) atoms. The summed E-state index contributed by atoms with van der Waals surface area (Å²) < 4.78 is 0. The molecular weight excluding hydrogens is 186 g/mol. The van der Waals surface area contributed by atoms with Gasteiger partial charge in [0.05, 0.1) is 0 Å². The van der Waals surface area contributed by atoms with Crippen LogP contribution in [0.25, 0.3) is 0 Å². The summed E-state index contributed by atoms with van der Waals surface area (Å²) in [4.78, 5) is 0. The van der Waals surface area contributed by atoms with Crippen molar-refractivity contribution < 1.29 is 5.11 Å². The second-order valence-corrected chi connectivity index (χ2v) is 5.21. The van der Waals surface area contributed by atoms with E-state index in [9.17, 15) is 0 Å². The zero-order valence-electron chi connectivity index (χ0n) is 10.3. The number of hydrogen-bond donors (Lipinski definition) is 2. The molecule has 1 rings (SSSR count). The molecule has 0 aromatic rings. The fourth-order valence-electron chi connectivity index (χ4n) is 2.63. The van der Waals surface area contributed by atoms with Crippen molar-refractivity contribution in [1.29, 1.82) is 0 Å². The Bertz CT molecular complexity index is 155. The van der Waals surface area contributed by atoms with Crippen LogP contribution in [0.1, 0.15) is 58.8 Å². The lowest BCUT2D eigenvalue weighted by atomic mass is 9.99. The van der Waals surface area contributed by atoms with E-state index in [2.05, 4.69) is 19.2 Å². The molecule has 0 saturated heterocycles. The van der Waals surface area contributed by atoms with Gasteiger partial charge in [-0.1, -0.05) is 25.7 Å². The van der Waals surface area contributed by atoms with E-state index in [1.807, 2.05) is 0 Å². The van der Waals surface area contributed by atoms with Gasteiger partial charge in [-0.15, -0.1) is 0 Å². The summed E-state index contributed by atoms with van der Waals surface area (Å²) in [6.45, 7) is 4.72. The number of aliphatic hydroxyl groups excluding tert-OH is 1. The third-order valence-electron chi connectivity index (χ3n) is 3.61. The summed E-state index contributed by atoms with van der Waals surface area (Å²) in [5.74, 6) is 1.00. The zero-order valence-corrected chi connectivity index (χ0v) is 10.3. The predicted molar refractivity (Wildman–Crippen MR) is 65.0 cm³/mol. The van der Waals surface area contributed by atoms with Crippen molar-refractivity contribution in [3.63, 3.8) is 0 Å². The smallest absolute Gasteiger partial charge is 0.0445 e. The van der Waals surface area contributed by atoms with Crippen LogP contribution in [0.4, 0.5) is 0 Å². The highest BCUT2D eigenvalue weighted by Crippen LogP contribution is 2.28. The Balaban J connectivity index is 2.04. The van der Waals surface area contributed by atoms with Crippen molar-refractivity contribution in [2.24, 2.45) is 5.92 Å². The second kappa shape index (κ2) is 7.24. The van der Waals surface area contributed by atoms with E-state index in [4.69, 9.17) is 5.11 Å². The molecule has 1 aliphatic rings. The Morgan fingerprint density at radius 3 is 2.33 bits per heavy atom. The topological polar surface area (TPSA) is 32.3 Å². The first-order valence-corrected chi connectivity index (χ1v) is 6.59. The van der Waals surface area contributed by atoms with Gasteiger partial charge >= 0.3 is 0 Å². The van der Waals surface area contributed by atoms with Gasteiger partial charge in [-0.2, -0.15) is 0 Å². The molecule has 0 aromatic carbocycles. The first-order chi connectivity index (χ1) is 7.22. The highest BCUT2D eigenvalue weighted by Gasteiger charge is 2.16. The van der Waals surface area contributed by atoms with Crippen molar-refractivity contribution in [2.45, 2.75) is 70.9 Å². The lowest BCUT2D eigenvalue weighted by Gasteiger charge is -2.20. The van der Waals surface area contributed by atoms with Crippen LogP contribution in [0.2, 0.25) is 0 Å². The largest absolute Gasteiger partial charge is 0.396 e. The van der Waals surface area contributed by atoms with Crippen LogP contribution in [-0.4, -0.2) is 23.8 Å². The maximum atomic E-state index is 8.81. The molecule has 0 aromatic heterocycles. The second-order valence-electron chi connectivity index (χ2n) is 5.21. The van der Waals surface area contributed by atoms with Crippen molar-refractivity contribution in [1.82, 2.24) is 5.32 Å². The first kappa shape index (κ1) is 13.0. The number of nitrogens with one attached hydrogen (secondary N) is 1. The van der Waals surface area contributed by atoms with Crippen LogP contribution >= 0.6 is 0 Å². The fourth-order valence-corrected chi connectivity index (χ4v) is 2.63. The molecule has 0 spiro atoms. The van der Waals surface area contributed by atoms with E-state index < -0.39 is 0 Å². The van der Waals surface area contributed by atoms with Crippen molar-refractivity contribution >= 4 is 0 Å². The summed E-state index contributed by atoms with van der Waals surface area (Å²) in [5, 5.41) is 12.4. The average Bonchev–Trinajstić information content (AvgIpc) is 2.67. The van der Waals surface area contributed by atoms with Gasteiger partial charge in [0, 0.05) is 18.7 Å². The standard InChI is InChI=1S/C13H27NO/c1-11(14-12(2)9-10-15)7-8-13-5-3-4-6-13/h11-15H,3-10H2,1-2H3/t11?,12-/m1/s1. The summed E-state index contributed by atoms with van der Waals surface area (Å²) in [7, 11) is 0. The molecule has 2 atom stereocenters. The molecule has 1 unspecified atom stereocenters. The van der Waals surface area contributed by atoms with E-state index in [-0.39, 0.29) is 0 Å². The van der Waals surface area contributed by atoms with Crippen molar-refractivity contribution in [3.05, 3.63) is 0 Å². The highest BCUT2D eigenvalue weighted by atomic mass is 16.3. The number of aliphatic hydroxyl groups is 1. The van der Waals surface area contributed by atoms with E-state index >= 15 is 0 Å². The van der Waals surface area contributed by atoms with Crippen LogP contribution in [-0.2, 0) is 0 Å². The molecule has 1 fully saturated rings. The molecule has 0 amide bonds. The third-order valence-corrected chi connectivity index (χ3v) is 3.61. The minimum Gasteiger partial charge on any atom is -0.396 e. The van der Waals surface area contributed by atoms with Gasteiger partial charge in [0.15, 0.2) is 0 Å². The Kier molecular flexibility index (Phi) is 6.26. The van der Waals surface area contributed by atoms with Crippen LogP contribution < -0.4 is 5.32 Å². The Hall–Kier alpha value is -0.0800. The van der Waals surface area contributed by atoms with E-state index in [1.54, 1.807) is 0 Å². The Morgan fingerprint density at radius 2 is 1.73 bits per heavy atom. The predicted octanol–water partition coefficient (Wildman–Crippen LogP) is 2.71. The third kappa shape index (κ3) is 5.53. The van der Waals surface area contributed by atoms with Gasteiger partial charge < -0.3 is 10.4 Å². The molecule has 2 heteroatoms. The summed E-state index contributed by atoms with van der Waals surface area (Å²) in [5.41, 5.74) is 0. The summed E-state index contributed by atoms with van der Waals surface area (Å²) in [6.07, 6.45) is 9.37. The van der Waals surface area contributed by atoms with Gasteiger partial charge in [-0.05, 0) is 39.0 Å². The monoisotopic (exact) mass is 213 g/mol. The zero-order chi connectivity index (χ0) is 11.1. The van der Waals surface area contributed by atoms with Gasteiger partial charge in [-0.3, -0.25) is 0 Å². The fraction of sp³-hybridized carbons (Fsp3) is 1.00. The molecule has 1 saturated carbocycles. The molecule has 0 heterocycles. The minimum atomic E-state index is 0.295. The van der Waals surface area contributed by atoms with Crippen LogP contribution in [0, 0.1) is 5.92 Å². The van der Waals surface area contributed by atoms with Crippen LogP contribution in [0.5, 0.6) is 0 Å². The van der Waals surface area contributed by atoms with E-state index in [0.29, 0.717) is 18.7 Å². The Morgan fingerprint density at radius 1 is 1.13 bits per heavy atom. The van der Waals surface area contributed by atoms with Crippen molar-refractivity contribution in [3.8, 4) is 0 Å². The molecular formula is C13H27NO. The summed E-state index contributed by atoms with van der Waals surface area (Å²) in [6, 6.07) is 1.06. The summed E-state index contributed by atoms with van der Waals surface area (Å²) >= 11 is 0. The molecule has 0 aliphatic heterocycles. The molecule has 2 N–H and O–H groups in total. The van der Waals surface area contributed by atoms with Gasteiger partial charge in [0.2, 0.25) is 0 Å². The van der Waals surface area contributed by atoms with Crippen LogP contribution in [0.15, 0.2) is 0 Å². The van der Waals surface area contributed by atoms with Gasteiger partial charge in [0.25, 0.3) is 0 Å². The minimum absolute atomic E-state index is 0.295. The van der Waals surface area contributed by atoms with Gasteiger partial charge in [-0.25, -0.2) is 0 Å². The average molecular weight is 213 g/mol. The SMILES string of the molecule is CC(CCC1CCCC1)N[C@H](C)CCO. The highest BCUT2D eigenvalue weighted by molar-refractivity contribution is 4.72. The van der Waals surface area contributed by atoms with E-state index in [1.165, 1.54) is 38.5 Å². The molecule has 2 nitrogen and oxygen atoms in total. The molecule has 90 valence electrons. The molecule has 0 bridgehead atoms. The number of hydrogen-bond acceptors (Lipinski definition) is 2. The lowest BCUT2D eigenvalue weighted by molar-refractivity contribution is 0.261. The lowest BCUT2D eigenvalue weighted by Crippen LogP contribution is -2.35. The van der Waals surface area contributed by atoms with Crippen molar-refractivity contribution in [2.75, 3.05) is 6.61 Å². The van der Waals surface area contributed by atoms with E-state index in [0.717, 1.165) is 12.3 Å². The normalized spacial score (nSPS) is 21.8. The molecule has 0 radical (unpaired) electrons. The van der Waals surface area contributed by atoms with Gasteiger partial charge in [0.1, 0.15) is 0 Å². The maximum absolute atomic E-state index is 8.81. The quantitative estimate of drug-likeness (QED) is 0.681.